The van der Waals surface area contributed by atoms with E-state index in [1.807, 2.05) is 0 Å². The molecule has 0 N–H and O–H groups in total. The minimum absolute atomic E-state index is 0.0102. The highest BCUT2D eigenvalue weighted by molar-refractivity contribution is 8.16. The van der Waals surface area contributed by atoms with Crippen molar-refractivity contribution in [3.8, 4) is 0 Å². The fraction of sp³-hybridized carbons (Fsp3) is 0.500. The molecule has 25 heavy (non-hydrogen) atoms. The highest BCUT2D eigenvalue weighted by Crippen LogP contribution is 2.44. The minimum Gasteiger partial charge on any atom is -0.314 e. The molecule has 0 aromatic heterocycles. The lowest BCUT2D eigenvalue weighted by Crippen LogP contribution is -2.38. The van der Waals surface area contributed by atoms with Crippen LogP contribution < -0.4 is 4.90 Å². The van der Waals surface area contributed by atoms with E-state index in [0.29, 0.717) is 20.9 Å². The fourth-order valence-corrected chi connectivity index (χ4v) is 7.05. The number of sulfone groups is 1. The van der Waals surface area contributed by atoms with Crippen LogP contribution in [0.25, 0.3) is 0 Å². The maximum absolute atomic E-state index is 12.4. The first-order valence-corrected chi connectivity index (χ1v) is 11.2. The average Bonchev–Trinajstić information content (AvgIpc) is 2.92. The number of thioether (sulfide) groups is 1. The summed E-state index contributed by atoms with van der Waals surface area (Å²) in [5.74, 6) is -0.184. The molecule has 2 aliphatic heterocycles. The number of amidine groups is 1. The summed E-state index contributed by atoms with van der Waals surface area (Å²) in [4.78, 5) is 18.4. The number of hydrogen-bond donors (Lipinski definition) is 0. The molecule has 2 aliphatic rings. The molecule has 0 unspecified atom stereocenters. The molecule has 0 spiro atoms. The largest absolute Gasteiger partial charge is 0.314 e. The summed E-state index contributed by atoms with van der Waals surface area (Å²) in [5, 5.41) is 1.22. The summed E-state index contributed by atoms with van der Waals surface area (Å²) >= 11 is 13.8. The Morgan fingerprint density at radius 3 is 2.60 bits per heavy atom. The van der Waals surface area contributed by atoms with Gasteiger partial charge in [0, 0.05) is 15.7 Å². The molecular weight excluding hydrogens is 403 g/mol. The number of benzene rings is 1. The van der Waals surface area contributed by atoms with Gasteiger partial charge in [0.25, 0.3) is 5.91 Å². The van der Waals surface area contributed by atoms with Gasteiger partial charge < -0.3 is 4.90 Å². The van der Waals surface area contributed by atoms with E-state index in [0.717, 1.165) is 0 Å². The van der Waals surface area contributed by atoms with Crippen molar-refractivity contribution in [2.45, 2.75) is 32.1 Å². The highest BCUT2D eigenvalue weighted by atomic mass is 35.5. The van der Waals surface area contributed by atoms with Gasteiger partial charge in [0.05, 0.1) is 28.3 Å². The normalized spacial score (nSPS) is 26.9. The highest BCUT2D eigenvalue weighted by Gasteiger charge is 2.50. The number of amides is 1. The van der Waals surface area contributed by atoms with Crippen molar-refractivity contribution in [2.75, 3.05) is 16.4 Å². The number of halogens is 2. The molecule has 3 rings (SSSR count). The Bertz CT molecular complexity index is 863. The van der Waals surface area contributed by atoms with Gasteiger partial charge in [-0.05, 0) is 18.2 Å². The van der Waals surface area contributed by atoms with Crippen LogP contribution in [0.5, 0.6) is 0 Å². The molecule has 0 radical (unpaired) electrons. The molecule has 1 aromatic rings. The molecule has 0 aliphatic carbocycles. The minimum atomic E-state index is -3.13. The van der Waals surface area contributed by atoms with Crippen LogP contribution in [0.3, 0.4) is 0 Å². The second kappa shape index (κ2) is 6.44. The Morgan fingerprint density at radius 2 is 1.96 bits per heavy atom. The number of carbonyl (C=O) groups is 1. The SMILES string of the molecule is CC(C)(C)C(=O)N=C1S[C@H]2CS(=O)(=O)C[C@H]2N1c1cc(Cl)ccc1Cl. The third-order valence-electron chi connectivity index (χ3n) is 4.07. The number of aliphatic imine (C=N–C) groups is 1. The van der Waals surface area contributed by atoms with E-state index in [2.05, 4.69) is 4.99 Å². The maximum Gasteiger partial charge on any atom is 0.253 e. The van der Waals surface area contributed by atoms with Gasteiger partial charge in [0.15, 0.2) is 15.0 Å². The summed E-state index contributed by atoms with van der Waals surface area (Å²) < 4.78 is 24.1. The van der Waals surface area contributed by atoms with Gasteiger partial charge in [0.1, 0.15) is 0 Å². The standard InChI is InChI=1S/C16H18Cl2N2O3S2/c1-16(2,3)14(21)19-15-20(11-6-9(17)4-5-10(11)18)12-7-25(22,23)8-13(12)24-15/h4-6,12-13H,7-8H2,1-3H3/t12-,13+/m1/s1. The molecule has 9 heteroatoms. The van der Waals surface area contributed by atoms with Gasteiger partial charge in [-0.3, -0.25) is 4.79 Å². The fourth-order valence-electron chi connectivity index (χ4n) is 2.77. The third kappa shape index (κ3) is 3.84. The van der Waals surface area contributed by atoms with E-state index < -0.39 is 15.3 Å². The lowest BCUT2D eigenvalue weighted by molar-refractivity contribution is -0.124. The zero-order valence-corrected chi connectivity index (χ0v) is 17.1. The number of carbonyl (C=O) groups excluding carboxylic acids is 1. The van der Waals surface area contributed by atoms with Gasteiger partial charge in [-0.25, -0.2) is 8.42 Å². The lowest BCUT2D eigenvalue weighted by Gasteiger charge is -2.26. The van der Waals surface area contributed by atoms with Crippen molar-refractivity contribution in [2.24, 2.45) is 10.4 Å². The van der Waals surface area contributed by atoms with Gasteiger partial charge >= 0.3 is 0 Å². The zero-order chi connectivity index (χ0) is 18.6. The number of fused-ring (bicyclic) bond motifs is 1. The molecule has 2 saturated heterocycles. The van der Waals surface area contributed by atoms with Crippen molar-refractivity contribution in [1.29, 1.82) is 0 Å². The Labute approximate surface area is 161 Å². The van der Waals surface area contributed by atoms with Gasteiger partial charge in [0.2, 0.25) is 0 Å². The van der Waals surface area contributed by atoms with Gasteiger partial charge in [-0.15, -0.1) is 0 Å². The second-order valence-corrected chi connectivity index (χ2v) is 11.4. The number of rotatable bonds is 1. The van der Waals surface area contributed by atoms with E-state index >= 15 is 0 Å². The number of hydrogen-bond acceptors (Lipinski definition) is 4. The molecule has 1 amide bonds. The lowest BCUT2D eigenvalue weighted by atomic mass is 9.96. The summed E-state index contributed by atoms with van der Waals surface area (Å²) in [5.41, 5.74) is -0.0482. The van der Waals surface area contributed by atoms with Crippen molar-refractivity contribution in [3.63, 3.8) is 0 Å². The van der Waals surface area contributed by atoms with E-state index in [1.54, 1.807) is 43.9 Å². The number of nitrogens with zero attached hydrogens (tertiary/aromatic N) is 2. The van der Waals surface area contributed by atoms with E-state index in [1.165, 1.54) is 11.8 Å². The Balaban J connectivity index is 2.09. The third-order valence-corrected chi connectivity index (χ3v) is 7.84. The quantitative estimate of drug-likeness (QED) is 0.693. The van der Waals surface area contributed by atoms with Gasteiger partial charge in [-0.2, -0.15) is 4.99 Å². The topological polar surface area (TPSA) is 66.8 Å². The second-order valence-electron chi connectivity index (χ2n) is 7.22. The number of anilines is 1. The molecular formula is C16H18Cl2N2O3S2. The first-order chi connectivity index (χ1) is 11.5. The first kappa shape index (κ1) is 19.0. The predicted molar refractivity (Wildman–Crippen MR) is 105 cm³/mol. The van der Waals surface area contributed by atoms with Crippen LogP contribution in [0, 0.1) is 5.41 Å². The van der Waals surface area contributed by atoms with Crippen LogP contribution in [0.1, 0.15) is 20.8 Å². The van der Waals surface area contributed by atoms with E-state index in [9.17, 15) is 13.2 Å². The zero-order valence-electron chi connectivity index (χ0n) is 14.0. The van der Waals surface area contributed by atoms with Gasteiger partial charge in [-0.1, -0.05) is 55.7 Å². The predicted octanol–water partition coefficient (Wildman–Crippen LogP) is 3.64. The summed E-state index contributed by atoms with van der Waals surface area (Å²) in [6.45, 7) is 5.38. The van der Waals surface area contributed by atoms with Crippen LogP contribution in [0.2, 0.25) is 10.0 Å². The maximum atomic E-state index is 12.4. The van der Waals surface area contributed by atoms with Crippen LogP contribution in [-0.2, 0) is 14.6 Å². The first-order valence-electron chi connectivity index (χ1n) is 7.72. The molecule has 0 bridgehead atoms. The molecule has 5 nitrogen and oxygen atoms in total. The van der Waals surface area contributed by atoms with Crippen molar-refractivity contribution in [3.05, 3.63) is 28.2 Å². The smallest absolute Gasteiger partial charge is 0.253 e. The molecule has 0 saturated carbocycles. The molecule has 2 atom stereocenters. The monoisotopic (exact) mass is 420 g/mol. The Hall–Kier alpha value is -0.760. The van der Waals surface area contributed by atoms with Crippen LogP contribution >= 0.6 is 35.0 Å². The van der Waals surface area contributed by atoms with Crippen molar-refractivity contribution in [1.82, 2.24) is 0 Å². The van der Waals surface area contributed by atoms with Crippen LogP contribution in [0.4, 0.5) is 5.69 Å². The van der Waals surface area contributed by atoms with E-state index in [4.69, 9.17) is 23.2 Å². The molecule has 2 heterocycles. The summed E-state index contributed by atoms with van der Waals surface area (Å²) in [7, 11) is -3.13. The Kier molecular flexibility index (Phi) is 4.90. The average molecular weight is 421 g/mol. The van der Waals surface area contributed by atoms with E-state index in [-0.39, 0.29) is 28.7 Å². The van der Waals surface area contributed by atoms with Crippen molar-refractivity contribution < 1.29 is 13.2 Å². The van der Waals surface area contributed by atoms with Crippen LogP contribution in [0.15, 0.2) is 23.2 Å². The Morgan fingerprint density at radius 1 is 1.28 bits per heavy atom. The molecule has 136 valence electrons. The van der Waals surface area contributed by atoms with Crippen LogP contribution in [-0.4, -0.2) is 42.3 Å². The molecule has 1 aromatic carbocycles. The van der Waals surface area contributed by atoms with Crippen molar-refractivity contribution >= 4 is 61.6 Å². The summed E-state index contributed by atoms with van der Waals surface area (Å²) in [6.07, 6.45) is 0. The summed E-state index contributed by atoms with van der Waals surface area (Å²) in [6, 6.07) is 4.69. The molecule has 2 fully saturated rings.